The van der Waals surface area contributed by atoms with Crippen LogP contribution in [0.25, 0.3) is 0 Å². The average molecular weight is 197 g/mol. The van der Waals surface area contributed by atoms with E-state index in [1.54, 1.807) is 0 Å². The second-order valence-corrected chi connectivity index (χ2v) is 4.88. The summed E-state index contributed by atoms with van der Waals surface area (Å²) < 4.78 is 0. The van der Waals surface area contributed by atoms with Gasteiger partial charge in [0, 0.05) is 18.6 Å². The van der Waals surface area contributed by atoms with Gasteiger partial charge in [-0.3, -0.25) is 4.90 Å². The van der Waals surface area contributed by atoms with Crippen LogP contribution in [0, 0.1) is 0 Å². The molecule has 0 bridgehead atoms. The first-order chi connectivity index (χ1) is 6.77. The van der Waals surface area contributed by atoms with Crippen LogP contribution in [0.5, 0.6) is 0 Å². The minimum absolute atomic E-state index is 0.820. The summed E-state index contributed by atoms with van der Waals surface area (Å²) in [4.78, 5) is 5.06. The molecule has 0 unspecified atom stereocenters. The van der Waals surface area contributed by atoms with Gasteiger partial charge < -0.3 is 10.2 Å². The average Bonchev–Trinajstić information content (AvgIpc) is 2.71. The van der Waals surface area contributed by atoms with Crippen molar-refractivity contribution in [2.75, 3.05) is 40.3 Å². The Labute approximate surface area is 87.4 Å². The van der Waals surface area contributed by atoms with Crippen molar-refractivity contribution in [3.05, 3.63) is 0 Å². The van der Waals surface area contributed by atoms with Crippen LogP contribution in [0.2, 0.25) is 0 Å². The van der Waals surface area contributed by atoms with Crippen LogP contribution in [-0.2, 0) is 0 Å². The minimum atomic E-state index is 0.820. The van der Waals surface area contributed by atoms with Gasteiger partial charge in [-0.15, -0.1) is 0 Å². The standard InChI is InChI=1S/C11H23N3/c1-13(2)10-4-7-14(8-5-10)11-3-6-12-9-11/h10-12H,3-9H2,1-2H3/t11-/m0/s1. The van der Waals surface area contributed by atoms with Gasteiger partial charge in [0.1, 0.15) is 0 Å². The monoisotopic (exact) mass is 197 g/mol. The van der Waals surface area contributed by atoms with Crippen LogP contribution in [0.15, 0.2) is 0 Å². The van der Waals surface area contributed by atoms with Crippen molar-refractivity contribution >= 4 is 0 Å². The maximum atomic E-state index is 3.45. The lowest BCUT2D eigenvalue weighted by Crippen LogP contribution is -2.46. The fourth-order valence-electron chi connectivity index (χ4n) is 2.72. The Morgan fingerprint density at radius 2 is 1.86 bits per heavy atom. The second-order valence-electron chi connectivity index (χ2n) is 4.88. The molecular formula is C11H23N3. The zero-order chi connectivity index (χ0) is 9.97. The lowest BCUT2D eigenvalue weighted by molar-refractivity contribution is 0.115. The van der Waals surface area contributed by atoms with E-state index in [9.17, 15) is 0 Å². The van der Waals surface area contributed by atoms with Gasteiger partial charge in [-0.1, -0.05) is 0 Å². The van der Waals surface area contributed by atoms with Crippen molar-refractivity contribution < 1.29 is 0 Å². The highest BCUT2D eigenvalue weighted by atomic mass is 15.2. The Morgan fingerprint density at radius 1 is 1.14 bits per heavy atom. The van der Waals surface area contributed by atoms with Crippen LogP contribution in [-0.4, -0.2) is 62.2 Å². The zero-order valence-electron chi connectivity index (χ0n) is 9.50. The molecule has 3 nitrogen and oxygen atoms in total. The number of nitrogens with zero attached hydrogens (tertiary/aromatic N) is 2. The van der Waals surface area contributed by atoms with Gasteiger partial charge in [-0.05, 0) is 53.0 Å². The van der Waals surface area contributed by atoms with Crippen molar-refractivity contribution in [3.63, 3.8) is 0 Å². The summed E-state index contributed by atoms with van der Waals surface area (Å²) in [5.41, 5.74) is 0. The van der Waals surface area contributed by atoms with Crippen molar-refractivity contribution in [1.29, 1.82) is 0 Å². The molecule has 0 spiro atoms. The first kappa shape index (κ1) is 10.4. The second kappa shape index (κ2) is 4.60. The zero-order valence-corrected chi connectivity index (χ0v) is 9.50. The van der Waals surface area contributed by atoms with E-state index >= 15 is 0 Å². The Bertz CT molecular complexity index is 167. The molecule has 0 aliphatic carbocycles. The lowest BCUT2D eigenvalue weighted by Gasteiger charge is -2.38. The first-order valence-corrected chi connectivity index (χ1v) is 5.88. The van der Waals surface area contributed by atoms with Crippen LogP contribution < -0.4 is 5.32 Å². The molecule has 2 saturated heterocycles. The van der Waals surface area contributed by atoms with Crippen LogP contribution in [0.3, 0.4) is 0 Å². The number of likely N-dealkylation sites (tertiary alicyclic amines) is 1. The topological polar surface area (TPSA) is 18.5 Å². The normalized spacial score (nSPS) is 31.5. The van der Waals surface area contributed by atoms with Gasteiger partial charge in [0.25, 0.3) is 0 Å². The highest BCUT2D eigenvalue weighted by Crippen LogP contribution is 2.18. The van der Waals surface area contributed by atoms with E-state index in [1.807, 2.05) is 0 Å². The predicted octanol–water partition coefficient (Wildman–Crippen LogP) is 0.374. The molecule has 3 heteroatoms. The summed E-state index contributed by atoms with van der Waals surface area (Å²) in [6, 6.07) is 1.65. The van der Waals surface area contributed by atoms with E-state index in [4.69, 9.17) is 0 Å². The highest BCUT2D eigenvalue weighted by molar-refractivity contribution is 4.85. The predicted molar refractivity (Wildman–Crippen MR) is 59.6 cm³/mol. The fourth-order valence-corrected chi connectivity index (χ4v) is 2.72. The Balaban J connectivity index is 1.77. The van der Waals surface area contributed by atoms with Crippen molar-refractivity contribution in [2.24, 2.45) is 0 Å². The van der Waals surface area contributed by atoms with Gasteiger partial charge >= 0.3 is 0 Å². The van der Waals surface area contributed by atoms with Crippen LogP contribution in [0.1, 0.15) is 19.3 Å². The first-order valence-electron chi connectivity index (χ1n) is 5.88. The molecule has 1 atom stereocenters. The number of nitrogens with one attached hydrogen (secondary N) is 1. The summed E-state index contributed by atoms with van der Waals surface area (Å²) in [6.45, 7) is 5.04. The molecule has 2 fully saturated rings. The molecule has 2 heterocycles. The summed E-state index contributed by atoms with van der Waals surface area (Å²) in [6.07, 6.45) is 4.06. The molecule has 2 aliphatic heterocycles. The summed E-state index contributed by atoms with van der Waals surface area (Å²) in [5, 5.41) is 3.45. The minimum Gasteiger partial charge on any atom is -0.315 e. The number of hydrogen-bond acceptors (Lipinski definition) is 3. The van der Waals surface area contributed by atoms with Crippen molar-refractivity contribution in [3.8, 4) is 0 Å². The Kier molecular flexibility index (Phi) is 3.42. The van der Waals surface area contributed by atoms with Crippen LogP contribution >= 0.6 is 0 Å². The quantitative estimate of drug-likeness (QED) is 0.690. The highest BCUT2D eigenvalue weighted by Gasteiger charge is 2.27. The van der Waals surface area contributed by atoms with E-state index in [0.29, 0.717) is 0 Å². The van der Waals surface area contributed by atoms with E-state index in [-0.39, 0.29) is 0 Å². The third kappa shape index (κ3) is 2.27. The summed E-state index contributed by atoms with van der Waals surface area (Å²) in [7, 11) is 4.41. The SMILES string of the molecule is CN(C)C1CCN([C@H]2CCNC2)CC1. The van der Waals surface area contributed by atoms with Crippen molar-refractivity contribution in [2.45, 2.75) is 31.3 Å². The number of rotatable bonds is 2. The molecular weight excluding hydrogens is 174 g/mol. The van der Waals surface area contributed by atoms with Gasteiger partial charge in [0.15, 0.2) is 0 Å². The van der Waals surface area contributed by atoms with E-state index < -0.39 is 0 Å². The van der Waals surface area contributed by atoms with E-state index in [2.05, 4.69) is 29.2 Å². The summed E-state index contributed by atoms with van der Waals surface area (Å²) >= 11 is 0. The molecule has 2 rings (SSSR count). The third-order valence-corrected chi connectivity index (χ3v) is 3.78. The lowest BCUT2D eigenvalue weighted by atomic mass is 10.0. The van der Waals surface area contributed by atoms with Crippen molar-refractivity contribution in [1.82, 2.24) is 15.1 Å². The fraction of sp³-hybridized carbons (Fsp3) is 1.00. The molecule has 0 amide bonds. The number of piperidine rings is 1. The molecule has 0 radical (unpaired) electrons. The molecule has 82 valence electrons. The number of hydrogen-bond donors (Lipinski definition) is 1. The molecule has 0 aromatic carbocycles. The summed E-state index contributed by atoms with van der Waals surface area (Å²) in [5.74, 6) is 0. The molecule has 0 aromatic heterocycles. The smallest absolute Gasteiger partial charge is 0.0232 e. The van der Waals surface area contributed by atoms with E-state index in [1.165, 1.54) is 45.4 Å². The molecule has 14 heavy (non-hydrogen) atoms. The largest absolute Gasteiger partial charge is 0.315 e. The third-order valence-electron chi connectivity index (χ3n) is 3.78. The van der Waals surface area contributed by atoms with Gasteiger partial charge in [-0.2, -0.15) is 0 Å². The van der Waals surface area contributed by atoms with E-state index in [0.717, 1.165) is 12.1 Å². The van der Waals surface area contributed by atoms with Gasteiger partial charge in [-0.25, -0.2) is 0 Å². The van der Waals surface area contributed by atoms with Gasteiger partial charge in [0.05, 0.1) is 0 Å². The maximum Gasteiger partial charge on any atom is 0.0232 e. The maximum absolute atomic E-state index is 3.45. The van der Waals surface area contributed by atoms with Gasteiger partial charge in [0.2, 0.25) is 0 Å². The van der Waals surface area contributed by atoms with Crippen LogP contribution in [0.4, 0.5) is 0 Å². The molecule has 0 aromatic rings. The molecule has 0 saturated carbocycles. The Hall–Kier alpha value is -0.120. The molecule has 1 N–H and O–H groups in total. The molecule has 2 aliphatic rings. The Morgan fingerprint density at radius 3 is 2.36 bits per heavy atom.